The van der Waals surface area contributed by atoms with Gasteiger partial charge in [-0.05, 0) is 32.4 Å². The van der Waals surface area contributed by atoms with Crippen LogP contribution in [0, 0.1) is 6.92 Å². The van der Waals surface area contributed by atoms with E-state index in [0.717, 1.165) is 36.5 Å². The molecule has 144 valence electrons. The summed E-state index contributed by atoms with van der Waals surface area (Å²) in [4.78, 5) is 17.0. The monoisotopic (exact) mass is 378 g/mol. The summed E-state index contributed by atoms with van der Waals surface area (Å²) in [5, 5.41) is 16.0. The van der Waals surface area contributed by atoms with Crippen molar-refractivity contribution in [2.75, 3.05) is 6.54 Å². The quantitative estimate of drug-likeness (QED) is 0.496. The van der Waals surface area contributed by atoms with Crippen LogP contribution in [-0.2, 0) is 13.1 Å². The zero-order chi connectivity index (χ0) is 19.5. The maximum absolute atomic E-state index is 12.6. The highest BCUT2D eigenvalue weighted by atomic mass is 16.1. The molecule has 4 heterocycles. The van der Waals surface area contributed by atoms with Gasteiger partial charge in [0.05, 0.1) is 17.6 Å². The van der Waals surface area contributed by atoms with Crippen LogP contribution in [0.25, 0.3) is 16.9 Å². The van der Waals surface area contributed by atoms with Crippen molar-refractivity contribution < 1.29 is 4.79 Å². The Morgan fingerprint density at radius 1 is 1.21 bits per heavy atom. The van der Waals surface area contributed by atoms with Crippen LogP contribution >= 0.6 is 0 Å². The summed E-state index contributed by atoms with van der Waals surface area (Å²) < 4.78 is 5.42. The Morgan fingerprint density at radius 3 is 2.86 bits per heavy atom. The van der Waals surface area contributed by atoms with Gasteiger partial charge in [0.2, 0.25) is 0 Å². The molecule has 9 heteroatoms. The number of hydrogen-bond acceptors (Lipinski definition) is 5. The first-order valence-electron chi connectivity index (χ1n) is 9.30. The smallest absolute Gasteiger partial charge is 0.256 e. The predicted molar refractivity (Wildman–Crippen MR) is 104 cm³/mol. The molecule has 0 bridgehead atoms. The minimum absolute atomic E-state index is 0.180. The number of amides is 1. The van der Waals surface area contributed by atoms with Crippen molar-refractivity contribution in [1.29, 1.82) is 0 Å². The lowest BCUT2D eigenvalue weighted by Crippen LogP contribution is -2.25. The average Bonchev–Trinajstić information content (AvgIpc) is 3.44. The molecule has 4 aromatic heterocycles. The Balaban J connectivity index is 1.52. The van der Waals surface area contributed by atoms with Crippen LogP contribution in [0.3, 0.4) is 0 Å². The predicted octanol–water partition coefficient (Wildman–Crippen LogP) is 1.94. The van der Waals surface area contributed by atoms with Crippen LogP contribution in [0.4, 0.5) is 0 Å². The van der Waals surface area contributed by atoms with E-state index in [1.54, 1.807) is 23.1 Å². The summed E-state index contributed by atoms with van der Waals surface area (Å²) in [5.74, 6) is -0.180. The molecule has 28 heavy (non-hydrogen) atoms. The number of hydrogen-bond donors (Lipinski definition) is 1. The Bertz CT molecular complexity index is 1090. The highest BCUT2D eigenvalue weighted by Gasteiger charge is 2.17. The van der Waals surface area contributed by atoms with Crippen LogP contribution in [0.1, 0.15) is 29.4 Å². The van der Waals surface area contributed by atoms with Crippen molar-refractivity contribution in [2.45, 2.75) is 33.4 Å². The van der Waals surface area contributed by atoms with Crippen LogP contribution < -0.4 is 5.32 Å². The van der Waals surface area contributed by atoms with Gasteiger partial charge in [0.1, 0.15) is 5.56 Å². The standard InChI is InChI=1S/C19H22N8O/c1-3-25-13-16(14(2)24-25)17-6-9-20-18-15(12-23-27(17)18)19(28)21-7-4-10-26-11-5-8-22-26/h5-6,8-9,11-13H,3-4,7,10H2,1-2H3,(H,21,28). The molecule has 4 rings (SSSR count). The van der Waals surface area contributed by atoms with Crippen LogP contribution in [-0.4, -0.2) is 46.6 Å². The minimum Gasteiger partial charge on any atom is -0.352 e. The molecule has 0 aliphatic rings. The fourth-order valence-corrected chi connectivity index (χ4v) is 3.16. The van der Waals surface area contributed by atoms with Crippen LogP contribution in [0.5, 0.6) is 0 Å². The van der Waals surface area contributed by atoms with E-state index in [9.17, 15) is 4.79 Å². The van der Waals surface area contributed by atoms with Gasteiger partial charge >= 0.3 is 0 Å². The molecule has 0 atom stereocenters. The van der Waals surface area contributed by atoms with E-state index in [-0.39, 0.29) is 5.91 Å². The van der Waals surface area contributed by atoms with Crippen molar-refractivity contribution in [3.8, 4) is 11.3 Å². The molecule has 0 fully saturated rings. The van der Waals surface area contributed by atoms with Gasteiger partial charge in [-0.1, -0.05) is 0 Å². The zero-order valence-electron chi connectivity index (χ0n) is 15.9. The molecule has 0 unspecified atom stereocenters. The summed E-state index contributed by atoms with van der Waals surface area (Å²) in [6.07, 6.45) is 9.69. The Hall–Kier alpha value is -3.49. The zero-order valence-corrected chi connectivity index (χ0v) is 15.9. The van der Waals surface area contributed by atoms with E-state index in [1.165, 1.54) is 0 Å². The molecule has 0 saturated heterocycles. The number of aromatic nitrogens is 7. The van der Waals surface area contributed by atoms with Crippen molar-refractivity contribution >= 4 is 11.6 Å². The molecule has 0 saturated carbocycles. The largest absolute Gasteiger partial charge is 0.352 e. The third-order valence-corrected chi connectivity index (χ3v) is 4.60. The lowest BCUT2D eigenvalue weighted by atomic mass is 10.2. The summed E-state index contributed by atoms with van der Waals surface area (Å²) >= 11 is 0. The Morgan fingerprint density at radius 2 is 2.11 bits per heavy atom. The first-order valence-corrected chi connectivity index (χ1v) is 9.30. The Kier molecular flexibility index (Phi) is 4.88. The third-order valence-electron chi connectivity index (χ3n) is 4.60. The van der Waals surface area contributed by atoms with Gasteiger partial charge in [-0.15, -0.1) is 0 Å². The second kappa shape index (κ2) is 7.63. The topological polar surface area (TPSA) is 94.9 Å². The summed E-state index contributed by atoms with van der Waals surface area (Å²) in [7, 11) is 0. The normalized spacial score (nSPS) is 11.2. The average molecular weight is 378 g/mol. The van der Waals surface area contributed by atoms with E-state index in [1.807, 2.05) is 47.7 Å². The van der Waals surface area contributed by atoms with E-state index < -0.39 is 0 Å². The molecule has 0 radical (unpaired) electrons. The number of nitrogens with one attached hydrogen (secondary N) is 1. The molecule has 1 amide bonds. The SMILES string of the molecule is CCn1cc(-c2ccnc3c(C(=O)NCCCn4cccn4)cnn23)c(C)n1. The summed E-state index contributed by atoms with van der Waals surface area (Å²) in [5.41, 5.74) is 3.74. The molecule has 0 aliphatic heterocycles. The fraction of sp³-hybridized carbons (Fsp3) is 0.316. The van der Waals surface area contributed by atoms with E-state index in [4.69, 9.17) is 0 Å². The number of aryl methyl sites for hydroxylation is 3. The highest BCUT2D eigenvalue weighted by Crippen LogP contribution is 2.23. The maximum Gasteiger partial charge on any atom is 0.256 e. The number of rotatable bonds is 7. The lowest BCUT2D eigenvalue weighted by Gasteiger charge is -2.05. The van der Waals surface area contributed by atoms with Crippen molar-refractivity contribution in [2.24, 2.45) is 0 Å². The third kappa shape index (κ3) is 3.38. The van der Waals surface area contributed by atoms with Gasteiger partial charge in [0.15, 0.2) is 5.65 Å². The summed E-state index contributed by atoms with van der Waals surface area (Å²) in [6, 6.07) is 3.77. The fourth-order valence-electron chi connectivity index (χ4n) is 3.16. The van der Waals surface area contributed by atoms with Crippen molar-refractivity contribution in [1.82, 2.24) is 39.5 Å². The lowest BCUT2D eigenvalue weighted by molar-refractivity contribution is 0.0954. The van der Waals surface area contributed by atoms with E-state index >= 15 is 0 Å². The van der Waals surface area contributed by atoms with Crippen LogP contribution in [0.2, 0.25) is 0 Å². The Labute approximate surface area is 162 Å². The number of carbonyl (C=O) groups excluding carboxylic acids is 1. The van der Waals surface area contributed by atoms with E-state index in [2.05, 4.69) is 25.6 Å². The minimum atomic E-state index is -0.180. The number of fused-ring (bicyclic) bond motifs is 1. The van der Waals surface area contributed by atoms with Gasteiger partial charge in [-0.25, -0.2) is 9.50 Å². The number of nitrogens with zero attached hydrogens (tertiary/aromatic N) is 7. The van der Waals surface area contributed by atoms with Gasteiger partial charge in [-0.3, -0.25) is 14.2 Å². The van der Waals surface area contributed by atoms with Gasteiger partial charge in [-0.2, -0.15) is 15.3 Å². The first kappa shape index (κ1) is 17.9. The van der Waals surface area contributed by atoms with Gasteiger partial charge in [0.25, 0.3) is 5.91 Å². The molecule has 1 N–H and O–H groups in total. The molecular weight excluding hydrogens is 356 g/mol. The first-order chi connectivity index (χ1) is 13.7. The van der Waals surface area contributed by atoms with Crippen molar-refractivity contribution in [3.05, 3.63) is 54.4 Å². The maximum atomic E-state index is 12.6. The molecule has 0 aliphatic carbocycles. The molecule has 0 spiro atoms. The van der Waals surface area contributed by atoms with Gasteiger partial charge < -0.3 is 5.32 Å². The summed E-state index contributed by atoms with van der Waals surface area (Å²) in [6.45, 7) is 6.11. The molecule has 9 nitrogen and oxygen atoms in total. The van der Waals surface area contributed by atoms with Crippen molar-refractivity contribution in [3.63, 3.8) is 0 Å². The molecule has 4 aromatic rings. The van der Waals surface area contributed by atoms with Gasteiger partial charge in [0, 0.05) is 50.0 Å². The van der Waals surface area contributed by atoms with E-state index in [0.29, 0.717) is 17.8 Å². The second-order valence-electron chi connectivity index (χ2n) is 6.49. The molecule has 0 aromatic carbocycles. The molecular formula is C19H22N8O. The number of carbonyl (C=O) groups is 1. The second-order valence-corrected chi connectivity index (χ2v) is 6.49. The highest BCUT2D eigenvalue weighted by molar-refractivity contribution is 5.99. The van der Waals surface area contributed by atoms with Crippen LogP contribution in [0.15, 0.2) is 43.1 Å².